The molecule has 7 heteroatoms. The summed E-state index contributed by atoms with van der Waals surface area (Å²) in [6.07, 6.45) is 0. The lowest BCUT2D eigenvalue weighted by Crippen LogP contribution is -2.34. The van der Waals surface area contributed by atoms with Gasteiger partial charge in [-0.25, -0.2) is 13.2 Å². The number of carbonyl (C=O) groups is 2. The number of benzene rings is 1. The van der Waals surface area contributed by atoms with Gasteiger partial charge in [0.25, 0.3) is 0 Å². The molecule has 1 aromatic rings. The quantitative estimate of drug-likeness (QED) is 0.787. The molecule has 108 valence electrons. The maximum atomic E-state index is 12.4. The number of carbonyl (C=O) groups excluding carboxylic acids is 2. The first-order valence-corrected chi connectivity index (χ1v) is 7.60. The summed E-state index contributed by atoms with van der Waals surface area (Å²) in [5, 5.41) is 2.53. The third-order valence-corrected chi connectivity index (χ3v) is 5.28. The predicted octanol–water partition coefficient (Wildman–Crippen LogP) is 1.23. The van der Waals surface area contributed by atoms with E-state index in [0.29, 0.717) is 0 Å². The number of amides is 1. The lowest BCUT2D eigenvalue weighted by atomic mass is 9.95. The van der Waals surface area contributed by atoms with E-state index in [0.717, 1.165) is 0 Å². The maximum Gasteiger partial charge on any atom is 0.340 e. The number of hydrogen-bond donors (Lipinski definition) is 1. The highest BCUT2D eigenvalue weighted by atomic mass is 32.2. The van der Waals surface area contributed by atoms with Crippen LogP contribution in [0.5, 0.6) is 0 Å². The molecular weight excluding hydrogens is 282 g/mol. The third kappa shape index (κ3) is 2.29. The van der Waals surface area contributed by atoms with Crippen molar-refractivity contribution in [3.05, 3.63) is 23.8 Å². The van der Waals surface area contributed by atoms with Gasteiger partial charge in [-0.1, -0.05) is 19.9 Å². The number of methoxy groups -OCH3 is 1. The molecule has 6 nitrogen and oxygen atoms in total. The van der Waals surface area contributed by atoms with Crippen LogP contribution in [0, 0.1) is 5.41 Å². The van der Waals surface area contributed by atoms with Crippen molar-refractivity contribution < 1.29 is 22.7 Å². The second-order valence-corrected chi connectivity index (χ2v) is 7.23. The van der Waals surface area contributed by atoms with E-state index in [9.17, 15) is 18.0 Å². The third-order valence-electron chi connectivity index (χ3n) is 3.17. The maximum absolute atomic E-state index is 12.4. The molecule has 0 fully saturated rings. The van der Waals surface area contributed by atoms with Crippen LogP contribution in [0.25, 0.3) is 0 Å². The lowest BCUT2D eigenvalue weighted by Gasteiger charge is -2.19. The van der Waals surface area contributed by atoms with Gasteiger partial charge in [0.2, 0.25) is 5.91 Å². The molecule has 0 saturated carbocycles. The molecule has 0 spiro atoms. The van der Waals surface area contributed by atoms with Crippen LogP contribution < -0.4 is 5.32 Å². The average Bonchev–Trinajstić information content (AvgIpc) is 2.42. The summed E-state index contributed by atoms with van der Waals surface area (Å²) in [7, 11) is -2.48. The van der Waals surface area contributed by atoms with Gasteiger partial charge < -0.3 is 10.1 Å². The number of esters is 1. The van der Waals surface area contributed by atoms with E-state index in [1.165, 1.54) is 25.3 Å². The monoisotopic (exact) mass is 297 g/mol. The number of anilines is 1. The van der Waals surface area contributed by atoms with Crippen LogP contribution in [-0.4, -0.2) is 33.2 Å². The van der Waals surface area contributed by atoms with E-state index in [4.69, 9.17) is 0 Å². The standard InChI is InChI=1S/C13H15NO5S/c1-13(2)7-20(17,18)9-6-4-5-8(11(15)19-3)10(9)14-12(13)16/h4-6H,7H2,1-3H3,(H,14,16). The molecule has 1 aliphatic rings. The van der Waals surface area contributed by atoms with Gasteiger partial charge in [-0.3, -0.25) is 4.79 Å². The molecule has 1 N–H and O–H groups in total. The van der Waals surface area contributed by atoms with E-state index >= 15 is 0 Å². The smallest absolute Gasteiger partial charge is 0.340 e. The van der Waals surface area contributed by atoms with Crippen LogP contribution in [0.2, 0.25) is 0 Å². The minimum atomic E-state index is -3.67. The van der Waals surface area contributed by atoms with E-state index in [2.05, 4.69) is 10.1 Å². The number of sulfone groups is 1. The first kappa shape index (κ1) is 14.5. The van der Waals surface area contributed by atoms with Crippen molar-refractivity contribution >= 4 is 27.4 Å². The van der Waals surface area contributed by atoms with Crippen molar-refractivity contribution in [1.82, 2.24) is 0 Å². The molecule has 0 radical (unpaired) electrons. The van der Waals surface area contributed by atoms with E-state index in [1.807, 2.05) is 0 Å². The van der Waals surface area contributed by atoms with Gasteiger partial charge in [-0.15, -0.1) is 0 Å². The Labute approximate surface area is 117 Å². The number of fused-ring (bicyclic) bond motifs is 1. The van der Waals surface area contributed by atoms with Crippen molar-refractivity contribution in [3.63, 3.8) is 0 Å². The summed E-state index contributed by atoms with van der Waals surface area (Å²) in [5.41, 5.74) is -1.06. The zero-order valence-corrected chi connectivity index (χ0v) is 12.2. The predicted molar refractivity (Wildman–Crippen MR) is 72.2 cm³/mol. The Hall–Kier alpha value is -1.89. The molecule has 1 amide bonds. The fourth-order valence-electron chi connectivity index (χ4n) is 2.10. The molecule has 1 aromatic carbocycles. The Balaban J connectivity index is 2.74. The number of hydrogen-bond acceptors (Lipinski definition) is 5. The molecule has 0 aliphatic carbocycles. The van der Waals surface area contributed by atoms with Gasteiger partial charge in [0.15, 0.2) is 9.84 Å². The Morgan fingerprint density at radius 3 is 2.60 bits per heavy atom. The highest BCUT2D eigenvalue weighted by Gasteiger charge is 2.40. The van der Waals surface area contributed by atoms with Crippen LogP contribution in [-0.2, 0) is 19.4 Å². The zero-order chi connectivity index (χ0) is 15.1. The van der Waals surface area contributed by atoms with Crippen LogP contribution in [0.15, 0.2) is 23.1 Å². The molecule has 0 bridgehead atoms. The molecular formula is C13H15NO5S. The highest BCUT2D eigenvalue weighted by molar-refractivity contribution is 7.91. The van der Waals surface area contributed by atoms with E-state index in [1.54, 1.807) is 13.8 Å². The molecule has 0 saturated heterocycles. The molecule has 1 heterocycles. The van der Waals surface area contributed by atoms with Crippen molar-refractivity contribution in [2.75, 3.05) is 18.2 Å². The fourth-order valence-corrected chi connectivity index (χ4v) is 4.09. The second kappa shape index (κ2) is 4.59. The summed E-state index contributed by atoms with van der Waals surface area (Å²) < 4.78 is 29.4. The van der Waals surface area contributed by atoms with Crippen LogP contribution in [0.3, 0.4) is 0 Å². The largest absolute Gasteiger partial charge is 0.465 e. The normalized spacial score (nSPS) is 19.4. The van der Waals surface area contributed by atoms with Crippen LogP contribution in [0.4, 0.5) is 5.69 Å². The second-order valence-electron chi connectivity index (χ2n) is 5.27. The van der Waals surface area contributed by atoms with Crippen molar-refractivity contribution in [1.29, 1.82) is 0 Å². The summed E-state index contributed by atoms with van der Waals surface area (Å²) in [4.78, 5) is 23.8. The minimum absolute atomic E-state index is 0.00470. The topological polar surface area (TPSA) is 89.5 Å². The summed E-state index contributed by atoms with van der Waals surface area (Å²) in [6, 6.07) is 4.24. The van der Waals surface area contributed by atoms with Gasteiger partial charge in [-0.05, 0) is 12.1 Å². The average molecular weight is 297 g/mol. The number of para-hydroxylation sites is 1. The SMILES string of the molecule is COC(=O)c1cccc2c1NC(=O)C(C)(C)CS2(=O)=O. The minimum Gasteiger partial charge on any atom is -0.465 e. The van der Waals surface area contributed by atoms with Crippen LogP contribution >= 0.6 is 0 Å². The Morgan fingerprint density at radius 1 is 1.35 bits per heavy atom. The zero-order valence-electron chi connectivity index (χ0n) is 11.4. The molecule has 0 aromatic heterocycles. The Bertz CT molecular complexity index is 691. The number of nitrogens with one attached hydrogen (secondary N) is 1. The Kier molecular flexibility index (Phi) is 3.33. The first-order chi connectivity index (χ1) is 9.19. The van der Waals surface area contributed by atoms with Gasteiger partial charge in [-0.2, -0.15) is 0 Å². The number of rotatable bonds is 1. The Morgan fingerprint density at radius 2 is 2.00 bits per heavy atom. The lowest BCUT2D eigenvalue weighted by molar-refractivity contribution is -0.122. The van der Waals surface area contributed by atoms with Crippen LogP contribution in [0.1, 0.15) is 24.2 Å². The van der Waals surface area contributed by atoms with Gasteiger partial charge >= 0.3 is 5.97 Å². The molecule has 2 rings (SSSR count). The van der Waals surface area contributed by atoms with Crippen molar-refractivity contribution in [3.8, 4) is 0 Å². The van der Waals surface area contributed by atoms with Crippen molar-refractivity contribution in [2.24, 2.45) is 5.41 Å². The van der Waals surface area contributed by atoms with Crippen molar-refractivity contribution in [2.45, 2.75) is 18.7 Å². The summed E-state index contributed by atoms with van der Waals surface area (Å²) in [5.74, 6) is -1.46. The van der Waals surface area contributed by atoms with Gasteiger partial charge in [0, 0.05) is 0 Å². The van der Waals surface area contributed by atoms with Gasteiger partial charge in [0.1, 0.15) is 0 Å². The molecule has 0 unspecified atom stereocenters. The molecule has 1 aliphatic heterocycles. The summed E-state index contributed by atoms with van der Waals surface area (Å²) >= 11 is 0. The highest BCUT2D eigenvalue weighted by Crippen LogP contribution is 2.35. The van der Waals surface area contributed by atoms with E-state index < -0.39 is 27.1 Å². The summed E-state index contributed by atoms with van der Waals surface area (Å²) in [6.45, 7) is 3.09. The fraction of sp³-hybridized carbons (Fsp3) is 0.385. The molecule has 0 atom stereocenters. The molecule has 20 heavy (non-hydrogen) atoms. The van der Waals surface area contributed by atoms with Gasteiger partial charge in [0.05, 0.1) is 34.4 Å². The first-order valence-electron chi connectivity index (χ1n) is 5.94. The van der Waals surface area contributed by atoms with E-state index in [-0.39, 0.29) is 21.9 Å². The number of ether oxygens (including phenoxy) is 1.